The summed E-state index contributed by atoms with van der Waals surface area (Å²) in [6.45, 7) is 4.45. The Hall–Kier alpha value is -1.91. The van der Waals surface area contributed by atoms with Crippen LogP contribution in [0.2, 0.25) is 0 Å². The summed E-state index contributed by atoms with van der Waals surface area (Å²) in [4.78, 5) is 12.2. The average molecular weight is 349 g/mol. The molecule has 1 amide bonds. The van der Waals surface area contributed by atoms with E-state index in [0.29, 0.717) is 12.1 Å². The molecular weight excluding hydrogens is 326 g/mol. The van der Waals surface area contributed by atoms with Crippen molar-refractivity contribution in [2.24, 2.45) is 5.92 Å². The molecule has 0 aromatic heterocycles. The first-order valence-electron chi connectivity index (χ1n) is 8.16. The lowest BCUT2D eigenvalue weighted by Gasteiger charge is -2.32. The van der Waals surface area contributed by atoms with Gasteiger partial charge in [-0.25, -0.2) is 8.42 Å². The van der Waals surface area contributed by atoms with E-state index in [1.54, 1.807) is 11.2 Å². The predicted octanol–water partition coefficient (Wildman–Crippen LogP) is 2.14. The van der Waals surface area contributed by atoms with Crippen molar-refractivity contribution in [2.75, 3.05) is 13.1 Å². The average Bonchev–Trinajstić information content (AvgIpc) is 2.59. The van der Waals surface area contributed by atoms with Gasteiger partial charge < -0.3 is 5.32 Å². The molecular formula is C17H23N3O3S. The summed E-state index contributed by atoms with van der Waals surface area (Å²) in [6, 6.07) is 8.00. The highest BCUT2D eigenvalue weighted by atomic mass is 32.2. The molecule has 2 rings (SSSR count). The van der Waals surface area contributed by atoms with Gasteiger partial charge in [0.05, 0.1) is 16.9 Å². The fraction of sp³-hybridized carbons (Fsp3) is 0.529. The Bertz CT molecular complexity index is 722. The van der Waals surface area contributed by atoms with Crippen LogP contribution in [-0.4, -0.2) is 37.8 Å². The molecule has 24 heavy (non-hydrogen) atoms. The van der Waals surface area contributed by atoms with E-state index in [4.69, 9.17) is 5.26 Å². The summed E-state index contributed by atoms with van der Waals surface area (Å²) >= 11 is 0. The maximum absolute atomic E-state index is 12.7. The number of benzene rings is 1. The Balaban J connectivity index is 2.11. The standard InChI is InChI=1S/C17H23N3O3S/c1-13(11-18)12-19-17(21)15-6-8-16(9-7-15)24(22,23)20-10-4-3-5-14(20)2/h6-9,13-14H,3-5,10,12H2,1-2H3,(H,19,21)/t13-,14-/m0/s1. The van der Waals surface area contributed by atoms with Gasteiger partial charge in [0.2, 0.25) is 10.0 Å². The third kappa shape index (κ3) is 4.13. The molecule has 1 N–H and O–H groups in total. The number of nitrogens with zero attached hydrogens (tertiary/aromatic N) is 2. The van der Waals surface area contributed by atoms with Gasteiger partial charge in [-0.1, -0.05) is 6.42 Å². The van der Waals surface area contributed by atoms with Crippen molar-refractivity contribution < 1.29 is 13.2 Å². The topological polar surface area (TPSA) is 90.3 Å². The minimum atomic E-state index is -3.52. The van der Waals surface area contributed by atoms with E-state index in [1.165, 1.54) is 24.3 Å². The number of carbonyl (C=O) groups excluding carboxylic acids is 1. The van der Waals surface area contributed by atoms with Gasteiger partial charge in [0.25, 0.3) is 5.91 Å². The van der Waals surface area contributed by atoms with Crippen LogP contribution in [0.3, 0.4) is 0 Å². The molecule has 0 aliphatic carbocycles. The van der Waals surface area contributed by atoms with Gasteiger partial charge >= 0.3 is 0 Å². The van der Waals surface area contributed by atoms with Crippen molar-refractivity contribution in [3.8, 4) is 6.07 Å². The lowest BCUT2D eigenvalue weighted by Crippen LogP contribution is -2.41. The summed E-state index contributed by atoms with van der Waals surface area (Å²) in [7, 11) is -3.52. The molecule has 1 saturated heterocycles. The lowest BCUT2D eigenvalue weighted by atomic mass is 10.1. The summed E-state index contributed by atoms with van der Waals surface area (Å²) in [5, 5.41) is 11.4. The summed E-state index contributed by atoms with van der Waals surface area (Å²) in [5.41, 5.74) is 0.380. The first-order valence-corrected chi connectivity index (χ1v) is 9.60. The molecule has 1 fully saturated rings. The van der Waals surface area contributed by atoms with Gasteiger partial charge in [0.15, 0.2) is 0 Å². The Morgan fingerprint density at radius 3 is 2.62 bits per heavy atom. The number of hydrogen-bond donors (Lipinski definition) is 1. The number of amides is 1. The van der Waals surface area contributed by atoms with Crippen LogP contribution in [0.1, 0.15) is 43.5 Å². The van der Waals surface area contributed by atoms with Crippen LogP contribution in [0.15, 0.2) is 29.2 Å². The van der Waals surface area contributed by atoms with E-state index in [1.807, 2.05) is 13.0 Å². The second-order valence-corrected chi connectivity index (χ2v) is 8.12. The molecule has 130 valence electrons. The smallest absolute Gasteiger partial charge is 0.251 e. The zero-order valence-electron chi connectivity index (χ0n) is 14.0. The Morgan fingerprint density at radius 2 is 2.04 bits per heavy atom. The molecule has 1 heterocycles. The Labute approximate surface area is 143 Å². The van der Waals surface area contributed by atoms with Crippen LogP contribution < -0.4 is 5.32 Å². The maximum atomic E-state index is 12.7. The molecule has 1 aliphatic rings. The van der Waals surface area contributed by atoms with Crippen molar-refractivity contribution in [3.63, 3.8) is 0 Å². The van der Waals surface area contributed by atoms with Crippen LogP contribution in [0.25, 0.3) is 0 Å². The van der Waals surface area contributed by atoms with Gasteiger partial charge in [0, 0.05) is 24.7 Å². The fourth-order valence-corrected chi connectivity index (χ4v) is 4.44. The third-order valence-electron chi connectivity index (χ3n) is 4.25. The molecule has 2 atom stereocenters. The van der Waals surface area contributed by atoms with Gasteiger partial charge in [-0.3, -0.25) is 4.79 Å². The number of piperidine rings is 1. The zero-order valence-corrected chi connectivity index (χ0v) is 14.8. The fourth-order valence-electron chi connectivity index (χ4n) is 2.74. The number of sulfonamides is 1. The third-order valence-corrected chi connectivity index (χ3v) is 6.28. The van der Waals surface area contributed by atoms with Gasteiger partial charge in [-0.05, 0) is 51.0 Å². The van der Waals surface area contributed by atoms with E-state index in [0.717, 1.165) is 19.3 Å². The molecule has 1 aromatic rings. The minimum Gasteiger partial charge on any atom is -0.351 e. The van der Waals surface area contributed by atoms with Crippen LogP contribution in [0.5, 0.6) is 0 Å². The molecule has 0 unspecified atom stereocenters. The molecule has 1 aromatic carbocycles. The molecule has 0 saturated carbocycles. The largest absolute Gasteiger partial charge is 0.351 e. The van der Waals surface area contributed by atoms with Crippen molar-refractivity contribution in [3.05, 3.63) is 29.8 Å². The quantitative estimate of drug-likeness (QED) is 0.882. The molecule has 0 bridgehead atoms. The monoisotopic (exact) mass is 349 g/mol. The second kappa shape index (κ2) is 7.77. The van der Waals surface area contributed by atoms with Crippen molar-refractivity contribution >= 4 is 15.9 Å². The molecule has 6 nitrogen and oxygen atoms in total. The Kier molecular flexibility index (Phi) is 5.97. The van der Waals surface area contributed by atoms with Crippen molar-refractivity contribution in [1.29, 1.82) is 5.26 Å². The molecule has 0 radical (unpaired) electrons. The van der Waals surface area contributed by atoms with E-state index in [9.17, 15) is 13.2 Å². The number of rotatable bonds is 5. The van der Waals surface area contributed by atoms with E-state index in [2.05, 4.69) is 5.32 Å². The van der Waals surface area contributed by atoms with E-state index < -0.39 is 10.0 Å². The molecule has 0 spiro atoms. The van der Waals surface area contributed by atoms with Gasteiger partial charge in [0.1, 0.15) is 0 Å². The number of nitriles is 1. The van der Waals surface area contributed by atoms with Crippen LogP contribution in [-0.2, 0) is 10.0 Å². The highest BCUT2D eigenvalue weighted by molar-refractivity contribution is 7.89. The summed E-state index contributed by atoms with van der Waals surface area (Å²) < 4.78 is 27.0. The second-order valence-electron chi connectivity index (χ2n) is 6.23. The lowest BCUT2D eigenvalue weighted by molar-refractivity contribution is 0.0950. The van der Waals surface area contributed by atoms with E-state index >= 15 is 0 Å². The van der Waals surface area contributed by atoms with Crippen LogP contribution in [0, 0.1) is 17.2 Å². The van der Waals surface area contributed by atoms with E-state index in [-0.39, 0.29) is 29.3 Å². The Morgan fingerprint density at radius 1 is 1.38 bits per heavy atom. The van der Waals surface area contributed by atoms with Crippen LogP contribution >= 0.6 is 0 Å². The summed E-state index contributed by atoms with van der Waals surface area (Å²) in [6.07, 6.45) is 2.80. The normalized spacial score (nSPS) is 20.1. The summed E-state index contributed by atoms with van der Waals surface area (Å²) in [5.74, 6) is -0.582. The van der Waals surface area contributed by atoms with Crippen molar-refractivity contribution in [2.45, 2.75) is 44.0 Å². The van der Waals surface area contributed by atoms with Gasteiger partial charge in [-0.2, -0.15) is 9.57 Å². The molecule has 1 aliphatic heterocycles. The predicted molar refractivity (Wildman–Crippen MR) is 90.8 cm³/mol. The van der Waals surface area contributed by atoms with Crippen molar-refractivity contribution in [1.82, 2.24) is 9.62 Å². The van der Waals surface area contributed by atoms with Gasteiger partial charge in [-0.15, -0.1) is 0 Å². The molecule has 7 heteroatoms. The SMILES string of the molecule is C[C@@H](C#N)CNC(=O)c1ccc(S(=O)(=O)N2CCCC[C@@H]2C)cc1. The maximum Gasteiger partial charge on any atom is 0.251 e. The number of hydrogen-bond acceptors (Lipinski definition) is 4. The van der Waals surface area contributed by atoms with Crippen LogP contribution in [0.4, 0.5) is 0 Å². The first kappa shape index (κ1) is 18.4. The number of carbonyl (C=O) groups is 1. The minimum absolute atomic E-state index is 0.000746. The highest BCUT2D eigenvalue weighted by Gasteiger charge is 2.30. The zero-order chi connectivity index (χ0) is 17.7. The first-order chi connectivity index (χ1) is 11.4. The highest BCUT2D eigenvalue weighted by Crippen LogP contribution is 2.25. The number of nitrogens with one attached hydrogen (secondary N) is 1.